The zero-order valence-electron chi connectivity index (χ0n) is 8.02. The molecule has 2 heterocycles. The minimum atomic E-state index is 0. The molecule has 0 aromatic carbocycles. The predicted octanol–water partition coefficient (Wildman–Crippen LogP) is 1.69. The van der Waals surface area contributed by atoms with E-state index in [4.69, 9.17) is 4.42 Å². The van der Waals surface area contributed by atoms with Crippen molar-refractivity contribution < 1.29 is 4.42 Å². The Morgan fingerprint density at radius 1 is 1.21 bits per heavy atom. The lowest BCUT2D eigenvalue weighted by Crippen LogP contribution is -2.26. The van der Waals surface area contributed by atoms with Crippen LogP contribution >= 0.6 is 24.8 Å². The van der Waals surface area contributed by atoms with Gasteiger partial charge >= 0.3 is 0 Å². The summed E-state index contributed by atoms with van der Waals surface area (Å²) in [6.45, 7) is 3.95. The summed E-state index contributed by atoms with van der Waals surface area (Å²) in [6, 6.07) is 0. The average molecular weight is 240 g/mol. The molecule has 6 heteroatoms. The predicted molar refractivity (Wildman–Crippen MR) is 58.4 cm³/mol. The van der Waals surface area contributed by atoms with Crippen molar-refractivity contribution in [3.63, 3.8) is 0 Å². The molecule has 1 aromatic heterocycles. The Morgan fingerprint density at radius 3 is 2.36 bits per heavy atom. The Labute approximate surface area is 95.7 Å². The minimum absolute atomic E-state index is 0. The number of halogens is 2. The van der Waals surface area contributed by atoms with Gasteiger partial charge in [0.15, 0.2) is 0 Å². The van der Waals surface area contributed by atoms with Crippen molar-refractivity contribution in [2.24, 2.45) is 0 Å². The molecule has 1 N–H and O–H groups in total. The van der Waals surface area contributed by atoms with Crippen molar-refractivity contribution in [3.05, 3.63) is 11.8 Å². The van der Waals surface area contributed by atoms with E-state index in [2.05, 4.69) is 15.5 Å². The van der Waals surface area contributed by atoms with E-state index in [0.29, 0.717) is 11.8 Å². The monoisotopic (exact) mass is 239 g/mol. The maximum Gasteiger partial charge on any atom is 0.219 e. The zero-order valence-corrected chi connectivity index (χ0v) is 9.66. The van der Waals surface area contributed by atoms with Crippen LogP contribution in [0, 0.1) is 6.92 Å². The third-order valence-electron chi connectivity index (χ3n) is 2.23. The second kappa shape index (κ2) is 6.22. The molecule has 1 aliphatic heterocycles. The van der Waals surface area contributed by atoms with Crippen LogP contribution in [0.4, 0.5) is 0 Å². The summed E-state index contributed by atoms with van der Waals surface area (Å²) in [7, 11) is 0. The average Bonchev–Trinajstić information content (AvgIpc) is 2.54. The number of hydrogen-bond donors (Lipinski definition) is 1. The molecule has 1 saturated heterocycles. The van der Waals surface area contributed by atoms with Crippen LogP contribution in [-0.2, 0) is 0 Å². The zero-order chi connectivity index (χ0) is 8.39. The van der Waals surface area contributed by atoms with Gasteiger partial charge in [-0.05, 0) is 25.9 Å². The van der Waals surface area contributed by atoms with Gasteiger partial charge in [0, 0.05) is 12.8 Å². The first kappa shape index (κ1) is 13.7. The molecular formula is C8H15Cl2N3O. The second-order valence-corrected chi connectivity index (χ2v) is 3.18. The highest BCUT2D eigenvalue weighted by molar-refractivity contribution is 5.85. The number of rotatable bonds is 1. The topological polar surface area (TPSA) is 51.0 Å². The van der Waals surface area contributed by atoms with Gasteiger partial charge in [-0.3, -0.25) is 0 Å². The van der Waals surface area contributed by atoms with Gasteiger partial charge in [0.25, 0.3) is 0 Å². The molecule has 1 aromatic rings. The van der Waals surface area contributed by atoms with Crippen LogP contribution in [0.1, 0.15) is 30.5 Å². The first-order chi connectivity index (χ1) is 5.86. The lowest BCUT2D eigenvalue weighted by Gasteiger charge is -2.18. The molecule has 1 aliphatic rings. The van der Waals surface area contributed by atoms with Crippen molar-refractivity contribution >= 4 is 24.8 Å². The molecule has 4 nitrogen and oxygen atoms in total. The number of hydrogen-bond acceptors (Lipinski definition) is 4. The van der Waals surface area contributed by atoms with Crippen LogP contribution in [0.25, 0.3) is 0 Å². The Balaban J connectivity index is 0.000000845. The minimum Gasteiger partial charge on any atom is -0.425 e. The highest BCUT2D eigenvalue weighted by atomic mass is 35.5. The lowest BCUT2D eigenvalue weighted by atomic mass is 9.98. The third kappa shape index (κ3) is 3.12. The van der Waals surface area contributed by atoms with Gasteiger partial charge < -0.3 is 9.73 Å². The Bertz CT molecular complexity index is 261. The number of nitrogens with one attached hydrogen (secondary N) is 1. The van der Waals surface area contributed by atoms with Crippen LogP contribution in [-0.4, -0.2) is 23.3 Å². The smallest absolute Gasteiger partial charge is 0.219 e. The number of nitrogens with zero attached hydrogens (tertiary/aromatic N) is 2. The summed E-state index contributed by atoms with van der Waals surface area (Å²) in [5.41, 5.74) is 0. The highest BCUT2D eigenvalue weighted by Gasteiger charge is 2.19. The molecule has 0 atom stereocenters. The first-order valence-electron chi connectivity index (χ1n) is 4.37. The van der Waals surface area contributed by atoms with Crippen molar-refractivity contribution in [1.82, 2.24) is 15.5 Å². The summed E-state index contributed by atoms with van der Waals surface area (Å²) in [4.78, 5) is 0. The summed E-state index contributed by atoms with van der Waals surface area (Å²) in [5, 5.41) is 11.2. The van der Waals surface area contributed by atoms with E-state index in [0.717, 1.165) is 31.8 Å². The van der Waals surface area contributed by atoms with Gasteiger partial charge in [-0.25, -0.2) is 0 Å². The van der Waals surface area contributed by atoms with E-state index in [-0.39, 0.29) is 24.8 Å². The molecule has 82 valence electrons. The number of piperidine rings is 1. The molecule has 2 rings (SSSR count). The molecule has 0 unspecified atom stereocenters. The van der Waals surface area contributed by atoms with Gasteiger partial charge in [-0.15, -0.1) is 35.0 Å². The molecule has 0 spiro atoms. The summed E-state index contributed by atoms with van der Waals surface area (Å²) >= 11 is 0. The van der Waals surface area contributed by atoms with E-state index in [1.54, 1.807) is 0 Å². The van der Waals surface area contributed by atoms with E-state index >= 15 is 0 Å². The summed E-state index contributed by atoms with van der Waals surface area (Å²) in [6.07, 6.45) is 2.23. The number of aromatic nitrogens is 2. The molecule has 0 bridgehead atoms. The van der Waals surface area contributed by atoms with Gasteiger partial charge in [0.1, 0.15) is 0 Å². The fourth-order valence-electron chi connectivity index (χ4n) is 1.55. The molecule has 0 aliphatic carbocycles. The molecular weight excluding hydrogens is 225 g/mol. The highest BCUT2D eigenvalue weighted by Crippen LogP contribution is 2.23. The normalized spacial score (nSPS) is 16.9. The Hall–Kier alpha value is -0.320. The van der Waals surface area contributed by atoms with Gasteiger partial charge in [-0.1, -0.05) is 0 Å². The maximum absolute atomic E-state index is 5.37. The number of aryl methyl sites for hydroxylation is 1. The Morgan fingerprint density at radius 2 is 1.86 bits per heavy atom. The largest absolute Gasteiger partial charge is 0.425 e. The van der Waals surface area contributed by atoms with E-state index in [1.807, 2.05) is 6.92 Å². The van der Waals surface area contributed by atoms with Crippen molar-refractivity contribution in [2.45, 2.75) is 25.7 Å². The quantitative estimate of drug-likeness (QED) is 0.811. The van der Waals surface area contributed by atoms with E-state index in [9.17, 15) is 0 Å². The third-order valence-corrected chi connectivity index (χ3v) is 2.23. The fourth-order valence-corrected chi connectivity index (χ4v) is 1.55. The van der Waals surface area contributed by atoms with Crippen LogP contribution < -0.4 is 5.32 Å². The van der Waals surface area contributed by atoms with Crippen LogP contribution in [0.15, 0.2) is 4.42 Å². The summed E-state index contributed by atoms with van der Waals surface area (Å²) in [5.74, 6) is 1.96. The summed E-state index contributed by atoms with van der Waals surface area (Å²) < 4.78 is 5.37. The van der Waals surface area contributed by atoms with Gasteiger partial charge in [0.05, 0.1) is 0 Å². The van der Waals surface area contributed by atoms with E-state index in [1.165, 1.54) is 0 Å². The van der Waals surface area contributed by atoms with Gasteiger partial charge in [-0.2, -0.15) is 0 Å². The van der Waals surface area contributed by atoms with Crippen molar-refractivity contribution in [3.8, 4) is 0 Å². The molecule has 14 heavy (non-hydrogen) atoms. The fraction of sp³-hybridized carbons (Fsp3) is 0.750. The standard InChI is InChI=1S/C8H13N3O.2ClH/c1-6-10-11-8(12-6)7-2-4-9-5-3-7;;/h7,9H,2-5H2,1H3;2*1H. The van der Waals surface area contributed by atoms with Crippen LogP contribution in [0.5, 0.6) is 0 Å². The van der Waals surface area contributed by atoms with Crippen molar-refractivity contribution in [2.75, 3.05) is 13.1 Å². The second-order valence-electron chi connectivity index (χ2n) is 3.18. The maximum atomic E-state index is 5.37. The van der Waals surface area contributed by atoms with Gasteiger partial charge in [0.2, 0.25) is 11.8 Å². The van der Waals surface area contributed by atoms with E-state index < -0.39 is 0 Å². The van der Waals surface area contributed by atoms with Crippen LogP contribution in [0.3, 0.4) is 0 Å². The lowest BCUT2D eigenvalue weighted by molar-refractivity contribution is 0.366. The van der Waals surface area contributed by atoms with Crippen LogP contribution in [0.2, 0.25) is 0 Å². The first-order valence-corrected chi connectivity index (χ1v) is 4.37. The molecule has 0 saturated carbocycles. The Kier molecular flexibility index (Phi) is 6.08. The molecule has 0 radical (unpaired) electrons. The SMILES string of the molecule is Cc1nnc(C2CCNCC2)o1.Cl.Cl. The molecule has 1 fully saturated rings. The van der Waals surface area contributed by atoms with Crippen molar-refractivity contribution in [1.29, 1.82) is 0 Å². The molecule has 0 amide bonds.